The molecule has 260 valence electrons. The van der Waals surface area contributed by atoms with Gasteiger partial charge in [0.05, 0.1) is 11.8 Å². The Morgan fingerprint density at radius 3 is 2.17 bits per heavy atom. The lowest BCUT2D eigenvalue weighted by molar-refractivity contribution is -0.144. The van der Waals surface area contributed by atoms with Crippen LogP contribution in [0.1, 0.15) is 58.1 Å². The number of hydrogen-bond acceptors (Lipinski definition) is 7. The number of carbonyl (C=O) groups is 6. The summed E-state index contributed by atoms with van der Waals surface area (Å²) in [5.74, 6) is -5.09. The maximum atomic E-state index is 14.6. The molecule has 0 spiro atoms. The van der Waals surface area contributed by atoms with Gasteiger partial charge in [0.2, 0.25) is 17.6 Å². The van der Waals surface area contributed by atoms with Crippen molar-refractivity contribution in [3.8, 4) is 0 Å². The summed E-state index contributed by atoms with van der Waals surface area (Å²) in [7, 11) is 0. The molecule has 5 rings (SSSR count). The highest BCUT2D eigenvalue weighted by Crippen LogP contribution is 2.65. The standard InChI is InChI=1S/C34H43Cl2N5O7/c1-16(2)48-31(46)27(33(3,4)5)40-32(47)39-24(20-13-18-8-6-7-9-19(18)14-20)30(45)41-15-21-23(34(21,35)36)25(41)29(44)38-22(12-17-10-11-17)26(42)28(37)43/h6-9,17,20-25,27H,1,10-15H2,2-5H3,(H2,37,43)(H,38,44)(H2,39,40,47)/t21-,22?,23-,24-,25-,27+/m0/s1. The van der Waals surface area contributed by atoms with Gasteiger partial charge in [0, 0.05) is 18.4 Å². The lowest BCUT2D eigenvalue weighted by atomic mass is 9.87. The minimum absolute atomic E-state index is 0.0423. The third-order valence-corrected chi connectivity index (χ3v) is 10.8. The maximum absolute atomic E-state index is 14.6. The number of nitrogens with two attached hydrogens (primary N) is 1. The Morgan fingerprint density at radius 2 is 1.65 bits per heavy atom. The second-order valence-corrected chi connectivity index (χ2v) is 16.1. The summed E-state index contributed by atoms with van der Waals surface area (Å²) in [6, 6.07) is 2.46. The zero-order valence-electron chi connectivity index (χ0n) is 27.5. The Labute approximate surface area is 289 Å². The number of hydrogen-bond donors (Lipinski definition) is 4. The number of benzene rings is 1. The molecule has 3 aliphatic carbocycles. The number of primary amides is 1. The lowest BCUT2D eigenvalue weighted by Crippen LogP contribution is -2.61. The quantitative estimate of drug-likeness (QED) is 0.112. The van der Waals surface area contributed by atoms with Crippen LogP contribution in [0.2, 0.25) is 0 Å². The normalized spacial score (nSPS) is 24.3. The molecule has 12 nitrogen and oxygen atoms in total. The van der Waals surface area contributed by atoms with E-state index in [0.717, 1.165) is 24.0 Å². The average Bonchev–Trinajstić information content (AvgIpc) is 3.74. The monoisotopic (exact) mass is 703 g/mol. The summed E-state index contributed by atoms with van der Waals surface area (Å²) < 4.78 is 3.94. The molecule has 1 aromatic carbocycles. The van der Waals surface area contributed by atoms with Crippen molar-refractivity contribution in [2.45, 2.75) is 88.3 Å². The van der Waals surface area contributed by atoms with Crippen molar-refractivity contribution in [3.05, 3.63) is 47.7 Å². The van der Waals surface area contributed by atoms with Gasteiger partial charge in [-0.15, -0.1) is 23.2 Å². The molecule has 1 aromatic rings. The van der Waals surface area contributed by atoms with Crippen LogP contribution in [0.25, 0.3) is 0 Å². The Morgan fingerprint density at radius 1 is 1.04 bits per heavy atom. The molecule has 0 bridgehead atoms. The molecular formula is C34H43Cl2N5O7. The highest BCUT2D eigenvalue weighted by Gasteiger charge is 2.74. The summed E-state index contributed by atoms with van der Waals surface area (Å²) in [4.78, 5) is 80.8. The van der Waals surface area contributed by atoms with E-state index in [1.165, 1.54) is 11.8 Å². The number of urea groups is 1. The van der Waals surface area contributed by atoms with Crippen LogP contribution < -0.4 is 21.7 Å². The van der Waals surface area contributed by atoms with Crippen molar-refractivity contribution >= 4 is 58.7 Å². The predicted molar refractivity (Wildman–Crippen MR) is 177 cm³/mol. The largest absolute Gasteiger partial charge is 0.430 e. The van der Waals surface area contributed by atoms with E-state index in [4.69, 9.17) is 33.7 Å². The number of alkyl halides is 2. The van der Waals surface area contributed by atoms with Gasteiger partial charge >= 0.3 is 12.0 Å². The highest BCUT2D eigenvalue weighted by atomic mass is 35.5. The number of halogens is 2. The van der Waals surface area contributed by atoms with Gasteiger partial charge in [0.25, 0.3) is 5.91 Å². The minimum Gasteiger partial charge on any atom is -0.430 e. The lowest BCUT2D eigenvalue weighted by Gasteiger charge is -2.35. The summed E-state index contributed by atoms with van der Waals surface area (Å²) >= 11 is 13.1. The Balaban J connectivity index is 1.41. The van der Waals surface area contributed by atoms with Crippen molar-refractivity contribution in [1.29, 1.82) is 0 Å². The maximum Gasteiger partial charge on any atom is 0.334 e. The smallest absolute Gasteiger partial charge is 0.334 e. The predicted octanol–water partition coefficient (Wildman–Crippen LogP) is 2.53. The highest BCUT2D eigenvalue weighted by molar-refractivity contribution is 6.51. The van der Waals surface area contributed by atoms with Gasteiger partial charge in [0.15, 0.2) is 0 Å². The number of amides is 5. The molecule has 5 amide bonds. The van der Waals surface area contributed by atoms with E-state index in [1.807, 2.05) is 24.3 Å². The molecule has 1 aliphatic heterocycles. The van der Waals surface area contributed by atoms with Gasteiger partial charge in [-0.05, 0) is 54.6 Å². The van der Waals surface area contributed by atoms with Crippen molar-refractivity contribution in [1.82, 2.24) is 20.9 Å². The van der Waals surface area contributed by atoms with Crippen LogP contribution in [-0.2, 0) is 41.6 Å². The number of esters is 1. The third-order valence-electron chi connectivity index (χ3n) is 9.78. The van der Waals surface area contributed by atoms with Gasteiger partial charge < -0.3 is 31.3 Å². The van der Waals surface area contributed by atoms with Crippen LogP contribution in [0.3, 0.4) is 0 Å². The van der Waals surface area contributed by atoms with Crippen molar-refractivity contribution < 1.29 is 33.5 Å². The molecule has 6 atom stereocenters. The molecule has 3 fully saturated rings. The van der Waals surface area contributed by atoms with Gasteiger partial charge in [-0.3, -0.25) is 19.2 Å². The number of nitrogens with zero attached hydrogens (tertiary/aromatic N) is 1. The molecule has 1 unspecified atom stereocenters. The molecule has 14 heteroatoms. The van der Waals surface area contributed by atoms with Crippen LogP contribution in [0.5, 0.6) is 0 Å². The van der Waals surface area contributed by atoms with Gasteiger partial charge in [0.1, 0.15) is 22.5 Å². The number of ether oxygens (including phenoxy) is 1. The van der Waals surface area contributed by atoms with E-state index in [-0.39, 0.29) is 30.6 Å². The van der Waals surface area contributed by atoms with Crippen LogP contribution in [-0.4, -0.2) is 75.5 Å². The Hall–Kier alpha value is -3.64. The summed E-state index contributed by atoms with van der Waals surface area (Å²) in [6.07, 6.45) is 2.95. The molecule has 1 heterocycles. The molecule has 0 radical (unpaired) electrons. The first kappa shape index (κ1) is 35.7. The average molecular weight is 705 g/mol. The fraction of sp³-hybridized carbons (Fsp3) is 0.588. The molecule has 1 saturated heterocycles. The molecule has 4 aliphatic rings. The molecule has 5 N–H and O–H groups in total. The number of rotatable bonds is 12. The number of Topliss-reactive ketones (excluding diaryl/α,β-unsaturated/α-hetero) is 1. The van der Waals surface area contributed by atoms with E-state index < -0.39 is 81.3 Å². The van der Waals surface area contributed by atoms with Crippen molar-refractivity contribution in [2.24, 2.45) is 34.8 Å². The van der Waals surface area contributed by atoms with Crippen LogP contribution in [0, 0.1) is 29.1 Å². The molecule has 48 heavy (non-hydrogen) atoms. The van der Waals surface area contributed by atoms with Crippen LogP contribution in [0.15, 0.2) is 36.6 Å². The topological polar surface area (TPSA) is 177 Å². The van der Waals surface area contributed by atoms with Crippen molar-refractivity contribution in [2.75, 3.05) is 6.54 Å². The second kappa shape index (κ2) is 13.3. The zero-order chi connectivity index (χ0) is 35.3. The van der Waals surface area contributed by atoms with Gasteiger partial charge in [-0.25, -0.2) is 9.59 Å². The van der Waals surface area contributed by atoms with E-state index in [1.54, 1.807) is 20.8 Å². The summed E-state index contributed by atoms with van der Waals surface area (Å²) in [6.45, 7) is 10.5. The number of fused-ring (bicyclic) bond motifs is 2. The summed E-state index contributed by atoms with van der Waals surface area (Å²) in [5, 5.41) is 8.16. The number of carbonyl (C=O) groups excluding carboxylic acids is 6. The zero-order valence-corrected chi connectivity index (χ0v) is 29.0. The first-order valence-corrected chi connectivity index (χ1v) is 17.0. The van der Waals surface area contributed by atoms with Crippen molar-refractivity contribution in [3.63, 3.8) is 0 Å². The van der Waals surface area contributed by atoms with E-state index in [9.17, 15) is 28.8 Å². The fourth-order valence-electron chi connectivity index (χ4n) is 7.04. The minimum atomic E-state index is -1.27. The Bertz CT molecular complexity index is 1510. The summed E-state index contributed by atoms with van der Waals surface area (Å²) in [5.41, 5.74) is 6.60. The van der Waals surface area contributed by atoms with Gasteiger partial charge in [-0.2, -0.15) is 0 Å². The molecular weight excluding hydrogens is 661 g/mol. The van der Waals surface area contributed by atoms with E-state index >= 15 is 0 Å². The number of ketones is 1. The first-order chi connectivity index (χ1) is 22.4. The molecule has 2 saturated carbocycles. The van der Waals surface area contributed by atoms with E-state index in [0.29, 0.717) is 12.8 Å². The number of piperidine rings is 1. The second-order valence-electron chi connectivity index (χ2n) is 14.7. The number of allylic oxidation sites excluding steroid dienone is 1. The SMILES string of the molecule is C=C(C)OC(=O)[C@@H](NC(=O)N[C@H](C(=O)N1C[C@H]2[C@@H]([C@H]1C(=O)NC(CC1CC1)C(=O)C(N)=O)C2(Cl)Cl)C1Cc2ccccc2C1)C(C)(C)C. The van der Waals surface area contributed by atoms with Crippen LogP contribution in [0.4, 0.5) is 4.79 Å². The number of nitrogens with one attached hydrogen (secondary N) is 3. The first-order valence-electron chi connectivity index (χ1n) is 16.2. The van der Waals surface area contributed by atoms with Gasteiger partial charge in [-0.1, -0.05) is 64.5 Å². The third kappa shape index (κ3) is 7.49. The van der Waals surface area contributed by atoms with Crippen LogP contribution >= 0.6 is 23.2 Å². The fourth-order valence-corrected chi connectivity index (χ4v) is 7.87. The molecule has 0 aromatic heterocycles. The number of likely N-dealkylation sites (tertiary alicyclic amines) is 1. The van der Waals surface area contributed by atoms with E-state index in [2.05, 4.69) is 22.5 Å². The Kier molecular flexibility index (Phi) is 9.91.